The van der Waals surface area contributed by atoms with Gasteiger partial charge in [0.2, 0.25) is 0 Å². The molecule has 5 nitrogen and oxygen atoms in total. The van der Waals surface area contributed by atoms with E-state index >= 15 is 0 Å². The maximum absolute atomic E-state index is 12.9. The molecule has 5 rings (SSSR count). The second-order valence-corrected chi connectivity index (χ2v) is 7.66. The van der Waals surface area contributed by atoms with E-state index < -0.39 is 0 Å². The molecule has 3 heterocycles. The van der Waals surface area contributed by atoms with Crippen molar-refractivity contribution in [2.75, 3.05) is 36.0 Å². The van der Waals surface area contributed by atoms with Crippen LogP contribution in [0.3, 0.4) is 0 Å². The van der Waals surface area contributed by atoms with Gasteiger partial charge in [0, 0.05) is 56.7 Å². The van der Waals surface area contributed by atoms with Gasteiger partial charge in [-0.1, -0.05) is 24.3 Å². The molecule has 0 aliphatic carbocycles. The number of benzene rings is 2. The van der Waals surface area contributed by atoms with Crippen molar-refractivity contribution in [3.63, 3.8) is 0 Å². The first kappa shape index (κ1) is 17.7. The SMILES string of the molecule is O=C(c1ccc(N2Cc3ccccc3C2)cc1)N1CCN(c2cccnc2)CC1. The van der Waals surface area contributed by atoms with Crippen LogP contribution in [0.4, 0.5) is 11.4 Å². The molecule has 1 saturated heterocycles. The number of anilines is 2. The smallest absolute Gasteiger partial charge is 0.253 e. The molecular formula is C24H24N4O. The van der Waals surface area contributed by atoms with Crippen molar-refractivity contribution >= 4 is 17.3 Å². The topological polar surface area (TPSA) is 39.7 Å². The first-order valence-corrected chi connectivity index (χ1v) is 10.1. The van der Waals surface area contributed by atoms with Crippen molar-refractivity contribution in [1.29, 1.82) is 0 Å². The number of carbonyl (C=O) groups excluding carboxylic acids is 1. The van der Waals surface area contributed by atoms with Gasteiger partial charge in [-0.05, 0) is 47.5 Å². The normalized spacial score (nSPS) is 16.1. The molecule has 2 aromatic carbocycles. The maximum atomic E-state index is 12.9. The van der Waals surface area contributed by atoms with Gasteiger partial charge in [0.15, 0.2) is 0 Å². The Morgan fingerprint density at radius 2 is 1.41 bits per heavy atom. The fourth-order valence-corrected chi connectivity index (χ4v) is 4.22. The number of nitrogens with zero attached hydrogens (tertiary/aromatic N) is 4. The van der Waals surface area contributed by atoms with E-state index in [0.717, 1.165) is 50.5 Å². The average molecular weight is 384 g/mol. The summed E-state index contributed by atoms with van der Waals surface area (Å²) in [6, 6.07) is 20.7. The first-order valence-electron chi connectivity index (χ1n) is 10.1. The number of aromatic nitrogens is 1. The molecule has 0 spiro atoms. The van der Waals surface area contributed by atoms with Crippen LogP contribution in [0.5, 0.6) is 0 Å². The van der Waals surface area contributed by atoms with Gasteiger partial charge in [0.1, 0.15) is 0 Å². The number of rotatable bonds is 3. The monoisotopic (exact) mass is 384 g/mol. The highest BCUT2D eigenvalue weighted by Crippen LogP contribution is 2.28. The van der Waals surface area contributed by atoms with Gasteiger partial charge in [0.25, 0.3) is 5.91 Å². The lowest BCUT2D eigenvalue weighted by Gasteiger charge is -2.36. The van der Waals surface area contributed by atoms with Crippen LogP contribution in [0, 0.1) is 0 Å². The summed E-state index contributed by atoms with van der Waals surface area (Å²) >= 11 is 0. The summed E-state index contributed by atoms with van der Waals surface area (Å²) in [6.07, 6.45) is 3.67. The van der Waals surface area contributed by atoms with E-state index in [-0.39, 0.29) is 5.91 Å². The third-order valence-corrected chi connectivity index (χ3v) is 5.90. The molecule has 0 atom stereocenters. The molecule has 3 aromatic rings. The summed E-state index contributed by atoms with van der Waals surface area (Å²) in [5.74, 6) is 0.118. The van der Waals surface area contributed by atoms with Crippen molar-refractivity contribution in [3.05, 3.63) is 89.7 Å². The molecule has 1 amide bonds. The number of pyridine rings is 1. The van der Waals surface area contributed by atoms with Crippen molar-refractivity contribution in [3.8, 4) is 0 Å². The van der Waals surface area contributed by atoms with Gasteiger partial charge < -0.3 is 14.7 Å². The molecule has 2 aliphatic heterocycles. The quantitative estimate of drug-likeness (QED) is 0.692. The van der Waals surface area contributed by atoms with E-state index in [4.69, 9.17) is 0 Å². The van der Waals surface area contributed by atoms with Gasteiger partial charge >= 0.3 is 0 Å². The van der Waals surface area contributed by atoms with Crippen LogP contribution in [-0.2, 0) is 13.1 Å². The van der Waals surface area contributed by atoms with Crippen molar-refractivity contribution < 1.29 is 4.79 Å². The highest BCUT2D eigenvalue weighted by atomic mass is 16.2. The molecule has 0 unspecified atom stereocenters. The highest BCUT2D eigenvalue weighted by molar-refractivity contribution is 5.94. The largest absolute Gasteiger partial charge is 0.367 e. The molecule has 0 radical (unpaired) electrons. The maximum Gasteiger partial charge on any atom is 0.253 e. The second kappa shape index (κ2) is 7.59. The van der Waals surface area contributed by atoms with Gasteiger partial charge in [-0.2, -0.15) is 0 Å². The summed E-state index contributed by atoms with van der Waals surface area (Å²) in [5, 5.41) is 0. The molecule has 0 saturated carbocycles. The van der Waals surface area contributed by atoms with Crippen LogP contribution in [0.15, 0.2) is 73.1 Å². The number of amides is 1. The van der Waals surface area contributed by atoms with Crippen LogP contribution in [-0.4, -0.2) is 42.0 Å². The van der Waals surface area contributed by atoms with E-state index in [9.17, 15) is 4.79 Å². The third-order valence-electron chi connectivity index (χ3n) is 5.90. The zero-order chi connectivity index (χ0) is 19.6. The van der Waals surface area contributed by atoms with Crippen molar-refractivity contribution in [2.24, 2.45) is 0 Å². The summed E-state index contributed by atoms with van der Waals surface area (Å²) in [4.78, 5) is 23.7. The molecular weight excluding hydrogens is 360 g/mol. The van der Waals surface area contributed by atoms with Crippen LogP contribution >= 0.6 is 0 Å². The number of piperazine rings is 1. The summed E-state index contributed by atoms with van der Waals surface area (Å²) < 4.78 is 0. The van der Waals surface area contributed by atoms with Gasteiger partial charge in [-0.25, -0.2) is 0 Å². The van der Waals surface area contributed by atoms with Crippen molar-refractivity contribution in [1.82, 2.24) is 9.88 Å². The Hall–Kier alpha value is -3.34. The van der Waals surface area contributed by atoms with Crippen molar-refractivity contribution in [2.45, 2.75) is 13.1 Å². The van der Waals surface area contributed by atoms with E-state index in [1.165, 1.54) is 16.8 Å². The van der Waals surface area contributed by atoms with Gasteiger partial charge in [-0.15, -0.1) is 0 Å². The summed E-state index contributed by atoms with van der Waals surface area (Å²) in [7, 11) is 0. The van der Waals surface area contributed by atoms with E-state index in [2.05, 4.69) is 57.2 Å². The predicted molar refractivity (Wildman–Crippen MR) is 115 cm³/mol. The Morgan fingerprint density at radius 1 is 0.724 bits per heavy atom. The molecule has 0 bridgehead atoms. The minimum atomic E-state index is 0.118. The fourth-order valence-electron chi connectivity index (χ4n) is 4.22. The van der Waals surface area contributed by atoms with E-state index in [1.807, 2.05) is 29.3 Å². The number of fused-ring (bicyclic) bond motifs is 1. The summed E-state index contributed by atoms with van der Waals surface area (Å²) in [5.41, 5.74) is 5.83. The fraction of sp³-hybridized carbons (Fsp3) is 0.250. The second-order valence-electron chi connectivity index (χ2n) is 7.66. The molecule has 0 N–H and O–H groups in total. The van der Waals surface area contributed by atoms with Gasteiger partial charge in [-0.3, -0.25) is 9.78 Å². The third kappa shape index (κ3) is 3.56. The molecule has 29 heavy (non-hydrogen) atoms. The predicted octanol–water partition coefficient (Wildman–Crippen LogP) is 3.56. The lowest BCUT2D eigenvalue weighted by molar-refractivity contribution is 0.0747. The molecule has 5 heteroatoms. The lowest BCUT2D eigenvalue weighted by atomic mass is 10.1. The standard InChI is InChI=1S/C24H24N4O/c29-24(27-14-12-26(13-15-27)23-6-3-11-25-16-23)19-7-9-22(10-8-19)28-17-20-4-1-2-5-21(20)18-28/h1-11,16H,12-15,17-18H2. The Bertz CT molecular complexity index is 970. The molecule has 1 aromatic heterocycles. The van der Waals surface area contributed by atoms with Crippen LogP contribution in [0.1, 0.15) is 21.5 Å². The lowest BCUT2D eigenvalue weighted by Crippen LogP contribution is -2.48. The highest BCUT2D eigenvalue weighted by Gasteiger charge is 2.23. The summed E-state index contributed by atoms with van der Waals surface area (Å²) in [6.45, 7) is 5.00. The van der Waals surface area contributed by atoms with Gasteiger partial charge in [0.05, 0.1) is 11.9 Å². The van der Waals surface area contributed by atoms with E-state index in [0.29, 0.717) is 0 Å². The minimum absolute atomic E-state index is 0.118. The molecule has 2 aliphatic rings. The minimum Gasteiger partial charge on any atom is -0.367 e. The zero-order valence-electron chi connectivity index (χ0n) is 16.4. The average Bonchev–Trinajstić information content (AvgIpc) is 3.24. The first-order chi connectivity index (χ1) is 14.3. The van der Waals surface area contributed by atoms with Crippen LogP contribution in [0.25, 0.3) is 0 Å². The molecule has 1 fully saturated rings. The molecule has 146 valence electrons. The Labute approximate surface area is 171 Å². The number of hydrogen-bond donors (Lipinski definition) is 0. The van der Waals surface area contributed by atoms with Crippen LogP contribution in [0.2, 0.25) is 0 Å². The number of hydrogen-bond acceptors (Lipinski definition) is 4. The Kier molecular flexibility index (Phi) is 4.64. The number of carbonyl (C=O) groups is 1. The Morgan fingerprint density at radius 3 is 2.03 bits per heavy atom. The zero-order valence-corrected chi connectivity index (χ0v) is 16.4. The van der Waals surface area contributed by atoms with Crippen LogP contribution < -0.4 is 9.80 Å². The van der Waals surface area contributed by atoms with E-state index in [1.54, 1.807) is 6.20 Å². The Balaban J connectivity index is 1.21.